The van der Waals surface area contributed by atoms with Crippen LogP contribution in [-0.4, -0.2) is 62.4 Å². The minimum atomic E-state index is -1.03. The van der Waals surface area contributed by atoms with Gasteiger partial charge in [-0.2, -0.15) is 0 Å². The number of hydrogen-bond acceptors (Lipinski definition) is 6. The van der Waals surface area contributed by atoms with E-state index in [0.717, 1.165) is 16.9 Å². The van der Waals surface area contributed by atoms with E-state index in [0.29, 0.717) is 12.3 Å². The largest absolute Gasteiger partial charge is 0.496 e. The molecule has 0 aliphatic rings. The summed E-state index contributed by atoms with van der Waals surface area (Å²) in [5.41, 5.74) is 1.76. The Labute approximate surface area is 170 Å². The number of carboxylic acids is 1. The number of esters is 1. The second kappa shape index (κ2) is 11.1. The Morgan fingerprint density at radius 1 is 0.966 bits per heavy atom. The quantitative estimate of drug-likeness (QED) is 0.579. The van der Waals surface area contributed by atoms with E-state index in [-0.39, 0.29) is 19.4 Å². The van der Waals surface area contributed by atoms with Crippen molar-refractivity contribution < 1.29 is 28.9 Å². The Balaban J connectivity index is 2.13. The van der Waals surface area contributed by atoms with E-state index in [1.165, 1.54) is 0 Å². The van der Waals surface area contributed by atoms with E-state index in [2.05, 4.69) is 0 Å². The summed E-state index contributed by atoms with van der Waals surface area (Å²) in [7, 11) is 5.34. The number of carbonyl (C=O) groups excluding carboxylic acids is 1. The number of benzene rings is 2. The molecule has 0 saturated heterocycles. The Kier molecular flexibility index (Phi) is 8.48. The summed E-state index contributed by atoms with van der Waals surface area (Å²) in [6, 6.07) is 15.2. The van der Waals surface area contributed by atoms with E-state index < -0.39 is 18.0 Å². The third-order valence-electron chi connectivity index (χ3n) is 4.12. The molecule has 0 amide bonds. The number of hydrogen-bond donors (Lipinski definition) is 1. The first-order chi connectivity index (χ1) is 13.9. The summed E-state index contributed by atoms with van der Waals surface area (Å²) in [5, 5.41) is 8.72. The van der Waals surface area contributed by atoms with Gasteiger partial charge in [-0.1, -0.05) is 36.4 Å². The molecule has 1 unspecified atom stereocenters. The van der Waals surface area contributed by atoms with Crippen molar-refractivity contribution in [3.8, 4) is 22.6 Å². The molecule has 2 aromatic rings. The SMILES string of the molecule is COc1ccccc1-c1ccccc1OCC(CN(C)C)OC(=O)CCC(=O)O. The van der Waals surface area contributed by atoms with Crippen LogP contribution in [0, 0.1) is 0 Å². The van der Waals surface area contributed by atoms with Crippen molar-refractivity contribution in [2.75, 3.05) is 34.4 Å². The van der Waals surface area contributed by atoms with Crippen LogP contribution in [0.3, 0.4) is 0 Å². The first kappa shape index (κ1) is 22.2. The summed E-state index contributed by atoms with van der Waals surface area (Å²) < 4.78 is 16.9. The molecule has 0 aliphatic carbocycles. The average molecular weight is 401 g/mol. The number of nitrogens with zero attached hydrogens (tertiary/aromatic N) is 1. The van der Waals surface area contributed by atoms with Gasteiger partial charge < -0.3 is 24.2 Å². The maximum Gasteiger partial charge on any atom is 0.306 e. The molecule has 0 fully saturated rings. The van der Waals surface area contributed by atoms with Gasteiger partial charge >= 0.3 is 11.9 Å². The Morgan fingerprint density at radius 3 is 2.14 bits per heavy atom. The van der Waals surface area contributed by atoms with E-state index in [1.807, 2.05) is 67.5 Å². The summed E-state index contributed by atoms with van der Waals surface area (Å²) in [4.78, 5) is 24.5. The van der Waals surface area contributed by atoms with Crippen molar-refractivity contribution in [1.82, 2.24) is 4.90 Å². The van der Waals surface area contributed by atoms with Crippen molar-refractivity contribution in [3.05, 3.63) is 48.5 Å². The Hall–Kier alpha value is -3.06. The predicted octanol–water partition coefficient (Wildman–Crippen LogP) is 3.08. The normalized spacial score (nSPS) is 11.7. The fourth-order valence-corrected chi connectivity index (χ4v) is 2.85. The van der Waals surface area contributed by atoms with E-state index in [1.54, 1.807) is 7.11 Å². The average Bonchev–Trinajstić information content (AvgIpc) is 2.70. The number of carbonyl (C=O) groups is 2. The smallest absolute Gasteiger partial charge is 0.306 e. The first-order valence-corrected chi connectivity index (χ1v) is 9.32. The van der Waals surface area contributed by atoms with Gasteiger partial charge in [0.05, 0.1) is 20.0 Å². The lowest BCUT2D eigenvalue weighted by Gasteiger charge is -2.22. The highest BCUT2D eigenvalue weighted by Gasteiger charge is 2.19. The highest BCUT2D eigenvalue weighted by molar-refractivity contribution is 5.77. The van der Waals surface area contributed by atoms with Gasteiger partial charge in [0.2, 0.25) is 0 Å². The van der Waals surface area contributed by atoms with Gasteiger partial charge in [0.25, 0.3) is 0 Å². The molecule has 1 N–H and O–H groups in total. The molecule has 0 aromatic heterocycles. The number of methoxy groups -OCH3 is 1. The third-order valence-corrected chi connectivity index (χ3v) is 4.12. The maximum atomic E-state index is 11.9. The zero-order valence-electron chi connectivity index (χ0n) is 17.0. The molecule has 0 saturated carbocycles. The topological polar surface area (TPSA) is 85.3 Å². The van der Waals surface area contributed by atoms with Crippen molar-refractivity contribution in [3.63, 3.8) is 0 Å². The molecule has 2 aromatic carbocycles. The lowest BCUT2D eigenvalue weighted by molar-refractivity contribution is -0.153. The maximum absolute atomic E-state index is 11.9. The highest BCUT2D eigenvalue weighted by Crippen LogP contribution is 2.36. The number of aliphatic carboxylic acids is 1. The van der Waals surface area contributed by atoms with Crippen LogP contribution in [0.1, 0.15) is 12.8 Å². The number of rotatable bonds is 11. The lowest BCUT2D eigenvalue weighted by atomic mass is 10.0. The van der Waals surface area contributed by atoms with Gasteiger partial charge in [-0.15, -0.1) is 0 Å². The molecule has 2 rings (SSSR count). The molecule has 0 aliphatic heterocycles. The molecular formula is C22H27NO6. The first-order valence-electron chi connectivity index (χ1n) is 9.32. The van der Waals surface area contributed by atoms with E-state index in [9.17, 15) is 9.59 Å². The lowest BCUT2D eigenvalue weighted by Crippen LogP contribution is -2.35. The standard InChI is InChI=1S/C22H27NO6/c1-23(2)14-16(29-22(26)13-12-21(24)25)15-28-20-11-7-5-9-18(20)17-8-4-6-10-19(17)27-3/h4-11,16H,12-15H2,1-3H3,(H,24,25). The Morgan fingerprint density at radius 2 is 1.55 bits per heavy atom. The summed E-state index contributed by atoms with van der Waals surface area (Å²) in [5.74, 6) is -0.218. The zero-order chi connectivity index (χ0) is 21.2. The molecule has 1 atom stereocenters. The van der Waals surface area contributed by atoms with E-state index >= 15 is 0 Å². The van der Waals surface area contributed by atoms with Gasteiger partial charge in [0.1, 0.15) is 24.2 Å². The van der Waals surface area contributed by atoms with Crippen molar-refractivity contribution >= 4 is 11.9 Å². The third kappa shape index (κ3) is 7.12. The molecule has 7 nitrogen and oxygen atoms in total. The second-order valence-corrected chi connectivity index (χ2v) is 6.78. The van der Waals surface area contributed by atoms with Crippen LogP contribution in [0.15, 0.2) is 48.5 Å². The summed E-state index contributed by atoms with van der Waals surface area (Å²) in [6.45, 7) is 0.596. The van der Waals surface area contributed by atoms with Crippen molar-refractivity contribution in [2.45, 2.75) is 18.9 Å². The zero-order valence-corrected chi connectivity index (χ0v) is 17.0. The summed E-state index contributed by atoms with van der Waals surface area (Å²) >= 11 is 0. The van der Waals surface area contributed by atoms with Gasteiger partial charge in [-0.25, -0.2) is 0 Å². The summed E-state index contributed by atoms with van der Waals surface area (Å²) in [6.07, 6.45) is -0.959. The van der Waals surface area contributed by atoms with Crippen molar-refractivity contribution in [1.29, 1.82) is 0 Å². The molecule has 0 heterocycles. The molecule has 0 radical (unpaired) electrons. The van der Waals surface area contributed by atoms with Crippen LogP contribution < -0.4 is 9.47 Å². The highest BCUT2D eigenvalue weighted by atomic mass is 16.6. The van der Waals surface area contributed by atoms with Crippen LogP contribution in [0.5, 0.6) is 11.5 Å². The van der Waals surface area contributed by atoms with Crippen LogP contribution >= 0.6 is 0 Å². The van der Waals surface area contributed by atoms with Crippen LogP contribution in [0.2, 0.25) is 0 Å². The fraction of sp³-hybridized carbons (Fsp3) is 0.364. The van der Waals surface area contributed by atoms with Crippen molar-refractivity contribution in [2.24, 2.45) is 0 Å². The number of ether oxygens (including phenoxy) is 3. The second-order valence-electron chi connectivity index (χ2n) is 6.78. The van der Waals surface area contributed by atoms with Gasteiger partial charge in [0.15, 0.2) is 0 Å². The molecular weight excluding hydrogens is 374 g/mol. The Bertz CT molecular complexity index is 820. The van der Waals surface area contributed by atoms with Gasteiger partial charge in [-0.3, -0.25) is 9.59 Å². The van der Waals surface area contributed by atoms with Gasteiger partial charge in [-0.05, 0) is 26.2 Å². The molecule has 7 heteroatoms. The van der Waals surface area contributed by atoms with Crippen LogP contribution in [0.4, 0.5) is 0 Å². The van der Waals surface area contributed by atoms with Gasteiger partial charge in [0, 0.05) is 17.7 Å². The number of carboxylic acid groups (broad SMARTS) is 1. The number of likely N-dealkylation sites (N-methyl/N-ethyl adjacent to an activating group) is 1. The number of para-hydroxylation sites is 2. The fourth-order valence-electron chi connectivity index (χ4n) is 2.85. The minimum Gasteiger partial charge on any atom is -0.496 e. The minimum absolute atomic E-state index is 0.142. The molecule has 156 valence electrons. The monoisotopic (exact) mass is 401 g/mol. The van der Waals surface area contributed by atoms with Crippen LogP contribution in [0.25, 0.3) is 11.1 Å². The predicted molar refractivity (Wildman–Crippen MR) is 109 cm³/mol. The molecule has 29 heavy (non-hydrogen) atoms. The van der Waals surface area contributed by atoms with Crippen LogP contribution in [-0.2, 0) is 14.3 Å². The van der Waals surface area contributed by atoms with E-state index in [4.69, 9.17) is 19.3 Å². The molecule has 0 spiro atoms. The molecule has 0 bridgehead atoms.